The molecule has 0 aromatic carbocycles. The first-order chi connectivity index (χ1) is 4.97. The zero-order chi connectivity index (χ0) is 8.54. The van der Waals surface area contributed by atoms with E-state index in [4.69, 9.17) is 9.84 Å². The van der Waals surface area contributed by atoms with Crippen LogP contribution in [0.15, 0.2) is 0 Å². The molecule has 1 atom stereocenters. The Labute approximate surface area is 68.6 Å². The van der Waals surface area contributed by atoms with Crippen molar-refractivity contribution < 1.29 is 9.84 Å². The second-order valence-electron chi connectivity index (χ2n) is 4.32. The lowest BCUT2D eigenvalue weighted by atomic mass is 9.88. The van der Waals surface area contributed by atoms with Gasteiger partial charge in [0.25, 0.3) is 0 Å². The maximum absolute atomic E-state index is 9.06. The SMILES string of the molecule is CC1(C)CCC[C@](C)(CO)O1. The monoisotopic (exact) mass is 158 g/mol. The lowest BCUT2D eigenvalue weighted by Crippen LogP contribution is -2.45. The molecule has 2 heteroatoms. The van der Waals surface area contributed by atoms with Crippen LogP contribution in [0, 0.1) is 0 Å². The highest BCUT2D eigenvalue weighted by Crippen LogP contribution is 2.34. The van der Waals surface area contributed by atoms with Gasteiger partial charge in [-0.15, -0.1) is 0 Å². The Balaban J connectivity index is 2.59. The van der Waals surface area contributed by atoms with Crippen molar-refractivity contribution >= 4 is 0 Å². The van der Waals surface area contributed by atoms with Gasteiger partial charge in [-0.3, -0.25) is 0 Å². The number of hydrogen-bond donors (Lipinski definition) is 1. The quantitative estimate of drug-likeness (QED) is 0.629. The van der Waals surface area contributed by atoms with Crippen LogP contribution >= 0.6 is 0 Å². The van der Waals surface area contributed by atoms with Gasteiger partial charge in [-0.1, -0.05) is 0 Å². The zero-order valence-corrected chi connectivity index (χ0v) is 7.68. The molecule has 1 heterocycles. The lowest BCUT2D eigenvalue weighted by molar-refractivity contribution is -0.181. The summed E-state index contributed by atoms with van der Waals surface area (Å²) in [7, 11) is 0. The number of rotatable bonds is 1. The topological polar surface area (TPSA) is 29.5 Å². The van der Waals surface area contributed by atoms with Crippen LogP contribution in [0.4, 0.5) is 0 Å². The van der Waals surface area contributed by atoms with Crippen LogP contribution in [-0.2, 0) is 4.74 Å². The molecule has 0 bridgehead atoms. The average molecular weight is 158 g/mol. The third-order valence-electron chi connectivity index (χ3n) is 2.34. The molecular formula is C9H18O2. The van der Waals surface area contributed by atoms with Crippen LogP contribution in [-0.4, -0.2) is 22.9 Å². The second-order valence-corrected chi connectivity index (χ2v) is 4.32. The van der Waals surface area contributed by atoms with E-state index in [0.717, 1.165) is 19.3 Å². The minimum absolute atomic E-state index is 0.0459. The summed E-state index contributed by atoms with van der Waals surface area (Å²) in [5.74, 6) is 0. The smallest absolute Gasteiger partial charge is 0.0891 e. The molecule has 0 unspecified atom stereocenters. The number of aliphatic hydroxyl groups is 1. The van der Waals surface area contributed by atoms with Gasteiger partial charge in [0, 0.05) is 0 Å². The minimum atomic E-state index is -0.290. The molecule has 1 fully saturated rings. The number of ether oxygens (including phenoxy) is 1. The van der Waals surface area contributed by atoms with Crippen molar-refractivity contribution in [3.05, 3.63) is 0 Å². The zero-order valence-electron chi connectivity index (χ0n) is 7.68. The molecule has 1 N–H and O–H groups in total. The summed E-state index contributed by atoms with van der Waals surface area (Å²) in [6, 6.07) is 0. The van der Waals surface area contributed by atoms with Crippen LogP contribution in [0.1, 0.15) is 40.0 Å². The number of aliphatic hydroxyl groups excluding tert-OH is 1. The first-order valence-corrected chi connectivity index (χ1v) is 4.29. The standard InChI is InChI=1S/C9H18O2/c1-8(2)5-4-6-9(3,7-10)11-8/h10H,4-7H2,1-3H3/t9-/m1/s1. The summed E-state index contributed by atoms with van der Waals surface area (Å²) in [6.07, 6.45) is 3.24. The highest BCUT2D eigenvalue weighted by Gasteiger charge is 2.36. The molecule has 1 aliphatic rings. The minimum Gasteiger partial charge on any atom is -0.393 e. The fourth-order valence-electron chi connectivity index (χ4n) is 1.77. The van der Waals surface area contributed by atoms with Gasteiger partial charge in [-0.25, -0.2) is 0 Å². The molecule has 0 amide bonds. The van der Waals surface area contributed by atoms with E-state index in [1.807, 2.05) is 6.92 Å². The van der Waals surface area contributed by atoms with Gasteiger partial charge in [0.2, 0.25) is 0 Å². The summed E-state index contributed by atoms with van der Waals surface area (Å²) < 4.78 is 5.76. The summed E-state index contributed by atoms with van der Waals surface area (Å²) in [6.45, 7) is 6.28. The van der Waals surface area contributed by atoms with Gasteiger partial charge in [-0.05, 0) is 40.0 Å². The summed E-state index contributed by atoms with van der Waals surface area (Å²) in [5, 5.41) is 9.06. The Kier molecular flexibility index (Phi) is 2.26. The Morgan fingerprint density at radius 2 is 1.91 bits per heavy atom. The maximum atomic E-state index is 9.06. The Hall–Kier alpha value is -0.0800. The number of hydrogen-bond acceptors (Lipinski definition) is 2. The highest BCUT2D eigenvalue weighted by atomic mass is 16.5. The predicted molar refractivity (Wildman–Crippen MR) is 44.5 cm³/mol. The Bertz CT molecular complexity index is 142. The molecule has 1 aliphatic heterocycles. The van der Waals surface area contributed by atoms with E-state index in [-0.39, 0.29) is 17.8 Å². The molecule has 2 nitrogen and oxygen atoms in total. The molecule has 1 saturated heterocycles. The van der Waals surface area contributed by atoms with Crippen molar-refractivity contribution in [1.82, 2.24) is 0 Å². The van der Waals surface area contributed by atoms with Crippen LogP contribution < -0.4 is 0 Å². The van der Waals surface area contributed by atoms with Gasteiger partial charge in [0.15, 0.2) is 0 Å². The molecule has 1 rings (SSSR count). The van der Waals surface area contributed by atoms with Gasteiger partial charge >= 0.3 is 0 Å². The lowest BCUT2D eigenvalue weighted by Gasteiger charge is -2.42. The molecule has 0 spiro atoms. The van der Waals surface area contributed by atoms with Crippen molar-refractivity contribution in [2.24, 2.45) is 0 Å². The van der Waals surface area contributed by atoms with Crippen molar-refractivity contribution in [2.75, 3.05) is 6.61 Å². The third kappa shape index (κ3) is 2.17. The molecular weight excluding hydrogens is 140 g/mol. The van der Waals surface area contributed by atoms with Crippen molar-refractivity contribution in [3.8, 4) is 0 Å². The fourth-order valence-corrected chi connectivity index (χ4v) is 1.77. The summed E-state index contributed by atoms with van der Waals surface area (Å²) in [4.78, 5) is 0. The molecule has 0 saturated carbocycles. The van der Waals surface area contributed by atoms with E-state index >= 15 is 0 Å². The van der Waals surface area contributed by atoms with Crippen LogP contribution in [0.2, 0.25) is 0 Å². The van der Waals surface area contributed by atoms with E-state index in [1.54, 1.807) is 0 Å². The van der Waals surface area contributed by atoms with E-state index in [2.05, 4.69) is 13.8 Å². The van der Waals surface area contributed by atoms with Crippen molar-refractivity contribution in [2.45, 2.75) is 51.2 Å². The predicted octanol–water partition coefficient (Wildman–Crippen LogP) is 1.72. The van der Waals surface area contributed by atoms with E-state index in [9.17, 15) is 0 Å². The molecule has 0 aliphatic carbocycles. The normalized spacial score (nSPS) is 37.1. The highest BCUT2D eigenvalue weighted by molar-refractivity contribution is 4.85. The van der Waals surface area contributed by atoms with E-state index < -0.39 is 0 Å². The third-order valence-corrected chi connectivity index (χ3v) is 2.34. The van der Waals surface area contributed by atoms with Crippen LogP contribution in [0.25, 0.3) is 0 Å². The Morgan fingerprint density at radius 3 is 2.27 bits per heavy atom. The first kappa shape index (κ1) is 9.01. The van der Waals surface area contributed by atoms with Crippen LogP contribution in [0.5, 0.6) is 0 Å². The van der Waals surface area contributed by atoms with Gasteiger partial charge in [0.05, 0.1) is 17.8 Å². The first-order valence-electron chi connectivity index (χ1n) is 4.29. The molecule has 0 aromatic heterocycles. The van der Waals surface area contributed by atoms with E-state index in [1.165, 1.54) is 0 Å². The maximum Gasteiger partial charge on any atom is 0.0891 e. The average Bonchev–Trinajstić information content (AvgIpc) is 1.85. The van der Waals surface area contributed by atoms with Crippen molar-refractivity contribution in [1.29, 1.82) is 0 Å². The second kappa shape index (κ2) is 2.76. The van der Waals surface area contributed by atoms with Crippen molar-refractivity contribution in [3.63, 3.8) is 0 Å². The Morgan fingerprint density at radius 1 is 1.27 bits per heavy atom. The van der Waals surface area contributed by atoms with Crippen LogP contribution in [0.3, 0.4) is 0 Å². The van der Waals surface area contributed by atoms with E-state index in [0.29, 0.717) is 0 Å². The fraction of sp³-hybridized carbons (Fsp3) is 1.00. The van der Waals surface area contributed by atoms with Gasteiger partial charge < -0.3 is 9.84 Å². The largest absolute Gasteiger partial charge is 0.393 e. The molecule has 0 aromatic rings. The summed E-state index contributed by atoms with van der Waals surface area (Å²) in [5.41, 5.74) is -0.336. The van der Waals surface area contributed by atoms with Gasteiger partial charge in [-0.2, -0.15) is 0 Å². The summed E-state index contributed by atoms with van der Waals surface area (Å²) >= 11 is 0. The molecule has 0 radical (unpaired) electrons. The van der Waals surface area contributed by atoms with Gasteiger partial charge in [0.1, 0.15) is 0 Å². The molecule has 66 valence electrons. The molecule has 11 heavy (non-hydrogen) atoms.